The van der Waals surface area contributed by atoms with Crippen molar-refractivity contribution < 1.29 is 9.59 Å². The van der Waals surface area contributed by atoms with E-state index in [1.807, 2.05) is 27.7 Å². The average Bonchev–Trinajstić information content (AvgIpc) is 2.25. The minimum absolute atomic E-state index is 0.0311. The molecule has 0 heterocycles. The molecule has 4 heteroatoms. The van der Waals surface area contributed by atoms with Crippen LogP contribution in [0.4, 0.5) is 0 Å². The van der Waals surface area contributed by atoms with Crippen LogP contribution in [0, 0.1) is 11.8 Å². The molecule has 0 spiro atoms. The average molecular weight is 242 g/mol. The van der Waals surface area contributed by atoms with Gasteiger partial charge in [-0.3, -0.25) is 9.59 Å². The first kappa shape index (κ1) is 16.1. The zero-order valence-corrected chi connectivity index (χ0v) is 11.7. The summed E-state index contributed by atoms with van der Waals surface area (Å²) < 4.78 is 0. The van der Waals surface area contributed by atoms with E-state index in [1.54, 1.807) is 0 Å². The summed E-state index contributed by atoms with van der Waals surface area (Å²) in [6, 6.07) is -0.213. The van der Waals surface area contributed by atoms with Gasteiger partial charge in [0.05, 0.1) is 12.6 Å². The minimum atomic E-state index is -0.213. The van der Waals surface area contributed by atoms with E-state index in [0.717, 1.165) is 13.0 Å². The molecule has 0 aliphatic heterocycles. The van der Waals surface area contributed by atoms with Gasteiger partial charge in [0.1, 0.15) is 0 Å². The van der Waals surface area contributed by atoms with E-state index in [9.17, 15) is 9.59 Å². The maximum absolute atomic E-state index is 11.9. The minimum Gasteiger partial charge on any atom is -0.348 e. The number of ketones is 1. The highest BCUT2D eigenvalue weighted by molar-refractivity contribution is 5.89. The van der Waals surface area contributed by atoms with Crippen LogP contribution in [0.5, 0.6) is 0 Å². The molecule has 0 saturated heterocycles. The van der Waals surface area contributed by atoms with Gasteiger partial charge in [0.25, 0.3) is 0 Å². The summed E-state index contributed by atoms with van der Waals surface area (Å²) >= 11 is 0. The fourth-order valence-electron chi connectivity index (χ4n) is 1.42. The molecule has 1 unspecified atom stereocenters. The van der Waals surface area contributed by atoms with E-state index in [4.69, 9.17) is 0 Å². The van der Waals surface area contributed by atoms with Crippen LogP contribution in [-0.4, -0.2) is 30.8 Å². The predicted molar refractivity (Wildman–Crippen MR) is 69.8 cm³/mol. The van der Waals surface area contributed by atoms with Crippen LogP contribution in [-0.2, 0) is 9.59 Å². The number of hydrogen-bond acceptors (Lipinski definition) is 3. The first-order chi connectivity index (χ1) is 7.90. The lowest BCUT2D eigenvalue weighted by Gasteiger charge is -2.21. The van der Waals surface area contributed by atoms with Crippen LogP contribution in [0.25, 0.3) is 0 Å². The Morgan fingerprint density at radius 2 is 1.71 bits per heavy atom. The third-order valence-corrected chi connectivity index (χ3v) is 2.64. The Kier molecular flexibility index (Phi) is 7.79. The second-order valence-electron chi connectivity index (χ2n) is 5.01. The van der Waals surface area contributed by atoms with Crippen molar-refractivity contribution in [1.82, 2.24) is 10.6 Å². The largest absolute Gasteiger partial charge is 0.348 e. The van der Waals surface area contributed by atoms with Gasteiger partial charge in [0.2, 0.25) is 5.91 Å². The Morgan fingerprint density at radius 1 is 1.12 bits per heavy atom. The maximum atomic E-state index is 11.9. The van der Waals surface area contributed by atoms with Crippen molar-refractivity contribution in [1.29, 1.82) is 0 Å². The normalized spacial score (nSPS) is 12.9. The Balaban J connectivity index is 4.19. The molecule has 0 aliphatic rings. The van der Waals surface area contributed by atoms with Crippen LogP contribution >= 0.6 is 0 Å². The topological polar surface area (TPSA) is 58.2 Å². The Bertz CT molecular complexity index is 250. The summed E-state index contributed by atoms with van der Waals surface area (Å²) in [7, 11) is 0. The highest BCUT2D eigenvalue weighted by atomic mass is 16.2. The monoisotopic (exact) mass is 242 g/mol. The van der Waals surface area contributed by atoms with Gasteiger partial charge >= 0.3 is 0 Å². The van der Waals surface area contributed by atoms with Crippen molar-refractivity contribution >= 4 is 11.7 Å². The van der Waals surface area contributed by atoms with Gasteiger partial charge < -0.3 is 10.6 Å². The molecule has 0 aromatic rings. The summed E-state index contributed by atoms with van der Waals surface area (Å²) in [5.41, 5.74) is 0. The van der Waals surface area contributed by atoms with Gasteiger partial charge in [0.15, 0.2) is 5.78 Å². The second kappa shape index (κ2) is 8.23. The number of nitrogens with one attached hydrogen (secondary N) is 2. The van der Waals surface area contributed by atoms with Crippen LogP contribution in [0.2, 0.25) is 0 Å². The molecule has 100 valence electrons. The van der Waals surface area contributed by atoms with Crippen LogP contribution in [0.1, 0.15) is 41.0 Å². The fraction of sp³-hybridized carbons (Fsp3) is 0.846. The zero-order valence-electron chi connectivity index (χ0n) is 11.7. The van der Waals surface area contributed by atoms with Gasteiger partial charge in [0, 0.05) is 5.92 Å². The van der Waals surface area contributed by atoms with Crippen molar-refractivity contribution in [2.24, 2.45) is 11.8 Å². The fourth-order valence-corrected chi connectivity index (χ4v) is 1.42. The molecule has 1 amide bonds. The molecule has 0 saturated carbocycles. The number of carbonyl (C=O) groups excluding carboxylic acids is 2. The van der Waals surface area contributed by atoms with E-state index in [1.165, 1.54) is 0 Å². The van der Waals surface area contributed by atoms with Gasteiger partial charge in [-0.05, 0) is 18.9 Å². The second-order valence-corrected chi connectivity index (χ2v) is 5.01. The van der Waals surface area contributed by atoms with Crippen LogP contribution in [0.3, 0.4) is 0 Å². The number of amides is 1. The smallest absolute Gasteiger partial charge is 0.237 e. The lowest BCUT2D eigenvalue weighted by atomic mass is 10.0. The Morgan fingerprint density at radius 3 is 2.12 bits per heavy atom. The molecule has 4 nitrogen and oxygen atoms in total. The summed E-state index contributed by atoms with van der Waals surface area (Å²) in [6.07, 6.45) is 0.988. The predicted octanol–water partition coefficient (Wildman–Crippen LogP) is 1.35. The maximum Gasteiger partial charge on any atom is 0.237 e. The van der Waals surface area contributed by atoms with Gasteiger partial charge in [-0.25, -0.2) is 0 Å². The van der Waals surface area contributed by atoms with Gasteiger partial charge in [-0.1, -0.05) is 34.6 Å². The Labute approximate surface area is 105 Å². The standard InChI is InChI=1S/C13H26N2O2/c1-6-7-14-12(10(4)5)13(17)15-8-11(16)9(2)3/h9-10,12,14H,6-8H2,1-5H3,(H,15,17). The van der Waals surface area contributed by atoms with Crippen molar-refractivity contribution in [2.45, 2.75) is 47.1 Å². The highest BCUT2D eigenvalue weighted by Crippen LogP contribution is 2.02. The van der Waals surface area contributed by atoms with Crippen molar-refractivity contribution in [3.8, 4) is 0 Å². The van der Waals surface area contributed by atoms with Crippen molar-refractivity contribution in [3.63, 3.8) is 0 Å². The number of carbonyl (C=O) groups is 2. The van der Waals surface area contributed by atoms with E-state index in [0.29, 0.717) is 0 Å². The summed E-state index contributed by atoms with van der Waals surface area (Å²) in [6.45, 7) is 10.7. The number of Topliss-reactive ketones (excluding diaryl/α,β-unsaturated/α-hetero) is 1. The molecular weight excluding hydrogens is 216 g/mol. The molecule has 0 fully saturated rings. The Hall–Kier alpha value is -0.900. The van der Waals surface area contributed by atoms with Crippen molar-refractivity contribution in [3.05, 3.63) is 0 Å². The van der Waals surface area contributed by atoms with Crippen molar-refractivity contribution in [2.75, 3.05) is 13.1 Å². The van der Waals surface area contributed by atoms with Gasteiger partial charge in [-0.2, -0.15) is 0 Å². The molecule has 1 atom stereocenters. The third kappa shape index (κ3) is 6.41. The first-order valence-electron chi connectivity index (χ1n) is 6.43. The van der Waals surface area contributed by atoms with Crippen LogP contribution in [0.15, 0.2) is 0 Å². The van der Waals surface area contributed by atoms with E-state index in [2.05, 4.69) is 17.6 Å². The lowest BCUT2D eigenvalue weighted by Crippen LogP contribution is -2.49. The summed E-state index contributed by atoms with van der Waals surface area (Å²) in [5.74, 6) is 0.172. The third-order valence-electron chi connectivity index (χ3n) is 2.64. The molecule has 0 radical (unpaired) electrons. The summed E-state index contributed by atoms with van der Waals surface area (Å²) in [5, 5.41) is 5.90. The highest BCUT2D eigenvalue weighted by Gasteiger charge is 2.21. The molecule has 0 aromatic carbocycles. The molecule has 17 heavy (non-hydrogen) atoms. The molecule has 0 rings (SSSR count). The molecule has 0 aromatic heterocycles. The SMILES string of the molecule is CCCNC(C(=O)NCC(=O)C(C)C)C(C)C. The number of rotatable bonds is 8. The molecular formula is C13H26N2O2. The van der Waals surface area contributed by atoms with Crippen LogP contribution < -0.4 is 10.6 Å². The quantitative estimate of drug-likeness (QED) is 0.675. The molecule has 2 N–H and O–H groups in total. The summed E-state index contributed by atoms with van der Waals surface area (Å²) in [4.78, 5) is 23.3. The van der Waals surface area contributed by atoms with E-state index < -0.39 is 0 Å². The zero-order chi connectivity index (χ0) is 13.4. The molecule has 0 aliphatic carbocycles. The lowest BCUT2D eigenvalue weighted by molar-refractivity contribution is -0.128. The van der Waals surface area contributed by atoms with Gasteiger partial charge in [-0.15, -0.1) is 0 Å². The van der Waals surface area contributed by atoms with E-state index >= 15 is 0 Å². The molecule has 0 bridgehead atoms. The first-order valence-corrected chi connectivity index (χ1v) is 6.43. The number of hydrogen-bond donors (Lipinski definition) is 2. The van der Waals surface area contributed by atoms with E-state index in [-0.39, 0.29) is 36.1 Å².